The summed E-state index contributed by atoms with van der Waals surface area (Å²) in [7, 11) is 0. The first-order valence-electron chi connectivity index (χ1n) is 2.96. The monoisotopic (exact) mass is 495 g/mol. The summed E-state index contributed by atoms with van der Waals surface area (Å²) < 4.78 is 1.90. The number of fused-ring (bicyclic) bond motifs is 1. The van der Waals surface area contributed by atoms with Crippen LogP contribution in [0, 0.1) is 6.20 Å². The molecule has 0 fully saturated rings. The standard InChI is InChI=1S/C5H2ClIN4P.W/c6-5-8-1-3-4(10-5)11(12-7)2-9-3;/h2,12H;/q-1;. The summed E-state index contributed by atoms with van der Waals surface area (Å²) in [5, 5.41) is 0.207. The Labute approximate surface area is 108 Å². The van der Waals surface area contributed by atoms with Crippen LogP contribution in [0.15, 0.2) is 6.33 Å². The Kier molecular flexibility index (Phi) is 4.49. The molecule has 2 aromatic rings. The molecule has 0 N–H and O–H groups in total. The Balaban J connectivity index is 0.000000845. The molecule has 0 bridgehead atoms. The zero-order valence-corrected chi connectivity index (χ0v) is 12.9. The minimum Gasteiger partial charge on any atom is -0.357 e. The van der Waals surface area contributed by atoms with Crippen molar-refractivity contribution >= 4 is 51.2 Å². The fourth-order valence-corrected chi connectivity index (χ4v) is 2.32. The van der Waals surface area contributed by atoms with Crippen molar-refractivity contribution < 1.29 is 21.1 Å². The van der Waals surface area contributed by atoms with Crippen LogP contribution >= 0.6 is 40.0 Å². The molecule has 0 radical (unpaired) electrons. The van der Waals surface area contributed by atoms with Crippen molar-refractivity contribution in [2.75, 3.05) is 0 Å². The Morgan fingerprint density at radius 1 is 1.62 bits per heavy atom. The van der Waals surface area contributed by atoms with Crippen molar-refractivity contribution in [3.05, 3.63) is 17.8 Å². The van der Waals surface area contributed by atoms with Crippen LogP contribution in [0.1, 0.15) is 0 Å². The van der Waals surface area contributed by atoms with Crippen LogP contribution in [-0.2, 0) is 21.1 Å². The Morgan fingerprint density at radius 3 is 3.08 bits per heavy atom. The summed E-state index contributed by atoms with van der Waals surface area (Å²) in [6, 6.07) is 0. The molecule has 0 saturated carbocycles. The van der Waals surface area contributed by atoms with Crippen LogP contribution in [-0.4, -0.2) is 19.3 Å². The van der Waals surface area contributed by atoms with E-state index in [0.29, 0.717) is 11.9 Å². The van der Waals surface area contributed by atoms with Crippen molar-refractivity contribution in [2.45, 2.75) is 0 Å². The average Bonchev–Trinajstić information content (AvgIpc) is 2.46. The molecule has 0 aromatic carbocycles. The summed E-state index contributed by atoms with van der Waals surface area (Å²) in [5.74, 6) is 0. The van der Waals surface area contributed by atoms with Crippen molar-refractivity contribution in [3.63, 3.8) is 0 Å². The normalized spacial score (nSPS) is 10.9. The Bertz CT molecular complexity index is 422. The Hall–Kier alpha value is 0.688. The quantitative estimate of drug-likeness (QED) is 0.264. The zero-order chi connectivity index (χ0) is 8.55. The van der Waals surface area contributed by atoms with Crippen molar-refractivity contribution in [1.82, 2.24) is 19.3 Å². The van der Waals surface area contributed by atoms with E-state index in [4.69, 9.17) is 11.6 Å². The third-order valence-corrected chi connectivity index (χ3v) is 3.52. The van der Waals surface area contributed by atoms with E-state index in [1.807, 2.05) is 4.34 Å². The minimum atomic E-state index is 0. The predicted octanol–water partition coefficient (Wildman–Crippen LogP) is 2.07. The summed E-state index contributed by atoms with van der Waals surface area (Å²) in [6.45, 7) is 0. The molecule has 0 aliphatic rings. The maximum Gasteiger partial charge on any atom is 0.107 e. The first-order chi connectivity index (χ1) is 5.81. The predicted molar refractivity (Wildman–Crippen MR) is 56.9 cm³/mol. The number of imidazole rings is 1. The largest absolute Gasteiger partial charge is 0.357 e. The summed E-state index contributed by atoms with van der Waals surface area (Å²) in [5.41, 5.74) is 1.39. The fourth-order valence-electron chi connectivity index (χ4n) is 0.801. The van der Waals surface area contributed by atoms with Crippen LogP contribution in [0.5, 0.6) is 0 Å². The zero-order valence-electron chi connectivity index (χ0n) is 6.03. The van der Waals surface area contributed by atoms with Crippen molar-refractivity contribution in [2.24, 2.45) is 0 Å². The van der Waals surface area contributed by atoms with Crippen LogP contribution < -0.4 is 0 Å². The summed E-state index contributed by atoms with van der Waals surface area (Å²) in [6.07, 6.45) is 4.96. The second-order valence-corrected chi connectivity index (χ2v) is 4.41. The molecule has 2 heterocycles. The van der Waals surface area contributed by atoms with Gasteiger partial charge in [0, 0.05) is 33.0 Å². The molecule has 68 valence electrons. The van der Waals surface area contributed by atoms with Crippen LogP contribution in [0.3, 0.4) is 0 Å². The molecule has 1 atom stereocenters. The summed E-state index contributed by atoms with van der Waals surface area (Å²) in [4.78, 5) is 11.8. The van der Waals surface area contributed by atoms with Gasteiger partial charge in [-0.25, -0.2) is 0 Å². The van der Waals surface area contributed by atoms with Gasteiger partial charge in [0.25, 0.3) is 0 Å². The first kappa shape index (κ1) is 11.8. The van der Waals surface area contributed by atoms with E-state index in [1.165, 1.54) is 0 Å². The number of hydrogen-bond donors (Lipinski definition) is 0. The van der Waals surface area contributed by atoms with Gasteiger partial charge in [0.15, 0.2) is 0 Å². The topological polar surface area (TPSA) is 43.6 Å². The van der Waals surface area contributed by atoms with Crippen LogP contribution in [0.2, 0.25) is 5.28 Å². The number of rotatable bonds is 1. The Morgan fingerprint density at radius 2 is 2.38 bits per heavy atom. The van der Waals surface area contributed by atoms with E-state index in [2.05, 4.69) is 43.2 Å². The van der Waals surface area contributed by atoms with Gasteiger partial charge < -0.3 is 14.3 Å². The molecule has 1 unspecified atom stereocenters. The maximum absolute atomic E-state index is 5.61. The van der Waals surface area contributed by atoms with E-state index in [-0.39, 0.29) is 26.3 Å². The molecule has 0 amide bonds. The van der Waals surface area contributed by atoms with E-state index in [0.717, 1.165) is 5.65 Å². The molecular formula is C5H2ClIN4PW-. The van der Waals surface area contributed by atoms with E-state index >= 15 is 0 Å². The SMILES string of the molecule is Clc1n[c-]c2ncn(PI)c2n1.[W]. The van der Waals surface area contributed by atoms with Gasteiger partial charge in [-0.05, 0) is 28.2 Å². The van der Waals surface area contributed by atoms with Gasteiger partial charge in [0.1, 0.15) is 5.28 Å². The smallest absolute Gasteiger partial charge is 0.107 e. The maximum atomic E-state index is 5.61. The number of aromatic nitrogens is 4. The van der Waals surface area contributed by atoms with Crippen molar-refractivity contribution in [1.29, 1.82) is 0 Å². The number of nitrogens with zero attached hydrogens (tertiary/aromatic N) is 4. The third kappa shape index (κ3) is 2.38. The second-order valence-electron chi connectivity index (χ2n) is 1.98. The van der Waals surface area contributed by atoms with Gasteiger partial charge in [-0.15, -0.1) is 11.6 Å². The molecule has 0 aliphatic carbocycles. The van der Waals surface area contributed by atoms with Crippen LogP contribution in [0.4, 0.5) is 0 Å². The molecule has 4 nitrogen and oxygen atoms in total. The van der Waals surface area contributed by atoms with E-state index < -0.39 is 0 Å². The molecule has 2 rings (SSSR count). The van der Waals surface area contributed by atoms with Gasteiger partial charge >= 0.3 is 0 Å². The molecule has 0 aliphatic heterocycles. The third-order valence-electron chi connectivity index (χ3n) is 1.29. The molecule has 13 heavy (non-hydrogen) atoms. The first-order valence-corrected chi connectivity index (χ1v) is 7.40. The fraction of sp³-hybridized carbons (Fsp3) is 0. The van der Waals surface area contributed by atoms with Gasteiger partial charge in [0.05, 0.1) is 12.0 Å². The number of hydrogen-bond acceptors (Lipinski definition) is 3. The van der Waals surface area contributed by atoms with E-state index in [9.17, 15) is 0 Å². The molecule has 8 heteroatoms. The van der Waals surface area contributed by atoms with Gasteiger partial charge in [-0.3, -0.25) is 4.98 Å². The molecule has 0 saturated heterocycles. The molecule has 0 spiro atoms. The van der Waals surface area contributed by atoms with Crippen molar-refractivity contribution in [3.8, 4) is 0 Å². The minimum absolute atomic E-state index is 0. The second kappa shape index (κ2) is 4.96. The molecule has 2 aromatic heterocycles. The van der Waals surface area contributed by atoms with Gasteiger partial charge in [-0.2, -0.15) is 0 Å². The number of halogens is 2. The average molecular weight is 495 g/mol. The summed E-state index contributed by atoms with van der Waals surface area (Å²) >= 11 is 7.85. The van der Waals surface area contributed by atoms with Crippen LogP contribution in [0.25, 0.3) is 11.2 Å². The van der Waals surface area contributed by atoms with E-state index in [1.54, 1.807) is 6.33 Å². The van der Waals surface area contributed by atoms with Gasteiger partial charge in [-0.1, -0.05) is 0 Å². The molecular weight excluding hydrogens is 493 g/mol. The van der Waals surface area contributed by atoms with Gasteiger partial charge in [0.2, 0.25) is 0 Å².